The molecule has 0 aromatic heterocycles. The molecule has 0 heterocycles. The first-order valence-corrected chi connectivity index (χ1v) is 7.71. The minimum atomic E-state index is 0.202. The minimum absolute atomic E-state index is 0.202. The normalized spacial score (nSPS) is 14.2. The third kappa shape index (κ3) is 4.39. The van der Waals surface area contributed by atoms with Crippen molar-refractivity contribution in [3.05, 3.63) is 28.8 Å². The van der Waals surface area contributed by atoms with Crippen LogP contribution in [0.5, 0.6) is 0 Å². The van der Waals surface area contributed by atoms with E-state index in [1.54, 1.807) is 0 Å². The fraction of sp³-hybridized carbons (Fsp3) is 0.625. The predicted molar refractivity (Wildman–Crippen MR) is 86.2 cm³/mol. The number of nitrogens with two attached hydrogens (primary N) is 1. The number of nitrogens with zero attached hydrogens (tertiary/aromatic N) is 1. The standard InChI is InChI=1S/C16H27ClN2/c1-5-12(4)19(7-3)16-9-8-14(17)10-13(16)11-15(18)6-2/h8-10,12,15H,5-7,11,18H2,1-4H3. The topological polar surface area (TPSA) is 29.3 Å². The second-order valence-corrected chi connectivity index (χ2v) is 5.63. The smallest absolute Gasteiger partial charge is 0.0410 e. The highest BCUT2D eigenvalue weighted by Crippen LogP contribution is 2.27. The molecule has 19 heavy (non-hydrogen) atoms. The molecule has 0 saturated heterocycles. The Hall–Kier alpha value is -0.730. The monoisotopic (exact) mass is 282 g/mol. The Kier molecular flexibility index (Phi) is 6.67. The van der Waals surface area contributed by atoms with Crippen molar-refractivity contribution in [2.24, 2.45) is 5.73 Å². The average Bonchev–Trinajstić information content (AvgIpc) is 2.41. The lowest BCUT2D eigenvalue weighted by molar-refractivity contribution is 0.615. The van der Waals surface area contributed by atoms with Gasteiger partial charge in [-0.15, -0.1) is 0 Å². The summed E-state index contributed by atoms with van der Waals surface area (Å²) in [5, 5.41) is 0.794. The molecule has 108 valence electrons. The van der Waals surface area contributed by atoms with Crippen LogP contribution in [-0.2, 0) is 6.42 Å². The zero-order valence-corrected chi connectivity index (χ0v) is 13.4. The van der Waals surface area contributed by atoms with E-state index >= 15 is 0 Å². The first-order chi connectivity index (χ1) is 9.03. The maximum Gasteiger partial charge on any atom is 0.0410 e. The molecule has 0 bridgehead atoms. The van der Waals surface area contributed by atoms with E-state index in [0.29, 0.717) is 6.04 Å². The van der Waals surface area contributed by atoms with E-state index < -0.39 is 0 Å². The molecule has 2 nitrogen and oxygen atoms in total. The zero-order valence-electron chi connectivity index (χ0n) is 12.6. The van der Waals surface area contributed by atoms with Gasteiger partial charge in [0.15, 0.2) is 0 Å². The quantitative estimate of drug-likeness (QED) is 0.810. The SMILES string of the molecule is CCC(N)Cc1cc(Cl)ccc1N(CC)C(C)CC. The van der Waals surface area contributed by atoms with Gasteiger partial charge in [-0.3, -0.25) is 0 Å². The van der Waals surface area contributed by atoms with Gasteiger partial charge in [0.2, 0.25) is 0 Å². The van der Waals surface area contributed by atoms with E-state index in [4.69, 9.17) is 17.3 Å². The molecule has 1 rings (SSSR count). The van der Waals surface area contributed by atoms with Gasteiger partial charge in [0.1, 0.15) is 0 Å². The molecule has 0 spiro atoms. The highest BCUT2D eigenvalue weighted by atomic mass is 35.5. The van der Waals surface area contributed by atoms with Crippen molar-refractivity contribution in [2.75, 3.05) is 11.4 Å². The van der Waals surface area contributed by atoms with E-state index in [0.717, 1.165) is 30.8 Å². The fourth-order valence-corrected chi connectivity index (χ4v) is 2.56. The molecule has 0 fully saturated rings. The Balaban J connectivity index is 3.10. The van der Waals surface area contributed by atoms with Gasteiger partial charge in [0.25, 0.3) is 0 Å². The highest BCUT2D eigenvalue weighted by Gasteiger charge is 2.16. The van der Waals surface area contributed by atoms with Crippen LogP contribution in [-0.4, -0.2) is 18.6 Å². The number of hydrogen-bond acceptors (Lipinski definition) is 2. The number of rotatable bonds is 7. The summed E-state index contributed by atoms with van der Waals surface area (Å²) in [6.07, 6.45) is 3.01. The molecule has 0 aliphatic carbocycles. The molecule has 0 saturated carbocycles. The van der Waals surface area contributed by atoms with Crippen LogP contribution in [0.1, 0.15) is 46.1 Å². The summed E-state index contributed by atoms with van der Waals surface area (Å²) in [6.45, 7) is 9.82. The second kappa shape index (κ2) is 7.76. The van der Waals surface area contributed by atoms with Crippen molar-refractivity contribution in [1.29, 1.82) is 0 Å². The lowest BCUT2D eigenvalue weighted by Gasteiger charge is -2.32. The molecule has 0 aliphatic rings. The number of hydrogen-bond donors (Lipinski definition) is 1. The third-order valence-electron chi connectivity index (χ3n) is 3.82. The van der Waals surface area contributed by atoms with E-state index in [1.807, 2.05) is 6.07 Å². The van der Waals surface area contributed by atoms with Crippen LogP contribution in [0.4, 0.5) is 5.69 Å². The van der Waals surface area contributed by atoms with Crippen molar-refractivity contribution in [3.8, 4) is 0 Å². The lowest BCUT2D eigenvalue weighted by atomic mass is 10.0. The molecule has 0 radical (unpaired) electrons. The Bertz CT molecular complexity index is 392. The lowest BCUT2D eigenvalue weighted by Crippen LogP contribution is -2.33. The largest absolute Gasteiger partial charge is 0.369 e. The first kappa shape index (κ1) is 16.3. The Labute approximate surface area is 122 Å². The summed E-state index contributed by atoms with van der Waals surface area (Å²) in [5.41, 5.74) is 8.66. The second-order valence-electron chi connectivity index (χ2n) is 5.19. The summed E-state index contributed by atoms with van der Waals surface area (Å²) in [4.78, 5) is 2.44. The van der Waals surface area contributed by atoms with Gasteiger partial charge in [0.05, 0.1) is 0 Å². The molecule has 2 unspecified atom stereocenters. The maximum absolute atomic E-state index is 6.15. The van der Waals surface area contributed by atoms with Crippen LogP contribution < -0.4 is 10.6 Å². The van der Waals surface area contributed by atoms with Gasteiger partial charge in [-0.1, -0.05) is 25.4 Å². The Morgan fingerprint density at radius 3 is 2.42 bits per heavy atom. The van der Waals surface area contributed by atoms with Crippen LogP contribution >= 0.6 is 11.6 Å². The molecular weight excluding hydrogens is 256 g/mol. The summed E-state index contributed by atoms with van der Waals surface area (Å²) in [6, 6.07) is 6.91. The van der Waals surface area contributed by atoms with E-state index in [9.17, 15) is 0 Å². The van der Waals surface area contributed by atoms with Gasteiger partial charge in [-0.25, -0.2) is 0 Å². The number of halogens is 1. The van der Waals surface area contributed by atoms with Crippen molar-refractivity contribution in [3.63, 3.8) is 0 Å². The predicted octanol–water partition coefficient (Wildman–Crippen LogP) is 4.24. The summed E-state index contributed by atoms with van der Waals surface area (Å²) in [5.74, 6) is 0. The molecular formula is C16H27ClN2. The molecule has 2 N–H and O–H groups in total. The van der Waals surface area contributed by atoms with Crippen molar-refractivity contribution in [1.82, 2.24) is 0 Å². The zero-order chi connectivity index (χ0) is 14.4. The Morgan fingerprint density at radius 1 is 1.21 bits per heavy atom. The van der Waals surface area contributed by atoms with Crippen LogP contribution in [0, 0.1) is 0 Å². The molecule has 0 aliphatic heterocycles. The van der Waals surface area contributed by atoms with Crippen LogP contribution in [0.2, 0.25) is 5.02 Å². The molecule has 0 amide bonds. The minimum Gasteiger partial charge on any atom is -0.369 e. The summed E-state index contributed by atoms with van der Waals surface area (Å²) < 4.78 is 0. The van der Waals surface area contributed by atoms with Crippen LogP contribution in [0.3, 0.4) is 0 Å². The summed E-state index contributed by atoms with van der Waals surface area (Å²) in [7, 11) is 0. The van der Waals surface area contributed by atoms with Gasteiger partial charge in [-0.2, -0.15) is 0 Å². The molecule has 1 aromatic rings. The van der Waals surface area contributed by atoms with Crippen molar-refractivity contribution >= 4 is 17.3 Å². The van der Waals surface area contributed by atoms with E-state index in [-0.39, 0.29) is 6.04 Å². The molecule has 3 heteroatoms. The van der Waals surface area contributed by atoms with Gasteiger partial charge in [-0.05, 0) is 56.9 Å². The number of anilines is 1. The van der Waals surface area contributed by atoms with E-state index in [2.05, 4.69) is 44.7 Å². The average molecular weight is 283 g/mol. The number of benzene rings is 1. The van der Waals surface area contributed by atoms with Crippen LogP contribution in [0.15, 0.2) is 18.2 Å². The maximum atomic E-state index is 6.15. The van der Waals surface area contributed by atoms with Crippen molar-refractivity contribution < 1.29 is 0 Å². The Morgan fingerprint density at radius 2 is 1.89 bits per heavy atom. The first-order valence-electron chi connectivity index (χ1n) is 7.34. The third-order valence-corrected chi connectivity index (χ3v) is 4.06. The van der Waals surface area contributed by atoms with Gasteiger partial charge >= 0.3 is 0 Å². The van der Waals surface area contributed by atoms with Gasteiger partial charge < -0.3 is 10.6 Å². The highest BCUT2D eigenvalue weighted by molar-refractivity contribution is 6.30. The fourth-order valence-electron chi connectivity index (χ4n) is 2.36. The van der Waals surface area contributed by atoms with Gasteiger partial charge in [0, 0.05) is 29.3 Å². The molecule has 2 atom stereocenters. The molecule has 1 aromatic carbocycles. The van der Waals surface area contributed by atoms with E-state index in [1.165, 1.54) is 11.3 Å². The van der Waals surface area contributed by atoms with Crippen molar-refractivity contribution in [2.45, 2.75) is 59.0 Å². The van der Waals surface area contributed by atoms with Crippen LogP contribution in [0.25, 0.3) is 0 Å². The summed E-state index contributed by atoms with van der Waals surface area (Å²) >= 11 is 6.15.